The fourth-order valence-corrected chi connectivity index (χ4v) is 4.64. The van der Waals surface area contributed by atoms with Crippen LogP contribution in [0.3, 0.4) is 0 Å². The van der Waals surface area contributed by atoms with Crippen molar-refractivity contribution < 1.29 is 22.3 Å². The van der Waals surface area contributed by atoms with Gasteiger partial charge in [0.05, 0.1) is 18.4 Å². The second-order valence-corrected chi connectivity index (χ2v) is 9.54. The Kier molecular flexibility index (Phi) is 7.16. The molecule has 6 nitrogen and oxygen atoms in total. The smallest absolute Gasteiger partial charge is 0.264 e. The van der Waals surface area contributed by atoms with E-state index >= 15 is 0 Å². The van der Waals surface area contributed by atoms with Crippen LogP contribution in [-0.2, 0) is 21.2 Å². The molecule has 1 aromatic heterocycles. The van der Waals surface area contributed by atoms with E-state index < -0.39 is 21.7 Å². The van der Waals surface area contributed by atoms with Gasteiger partial charge in [-0.25, -0.2) is 22.5 Å². The number of carbonyl (C=O) groups is 1. The summed E-state index contributed by atoms with van der Waals surface area (Å²) in [5.74, 6) is -0.992. The topological polar surface area (TPSA) is 85.4 Å². The highest BCUT2D eigenvalue weighted by molar-refractivity contribution is 7.90. The molecule has 0 fully saturated rings. The maximum atomic E-state index is 14.4. The fourth-order valence-electron chi connectivity index (χ4n) is 3.36. The molecule has 0 saturated heterocycles. The van der Waals surface area contributed by atoms with E-state index in [1.807, 2.05) is 13.8 Å². The van der Waals surface area contributed by atoms with Crippen LogP contribution < -0.4 is 9.46 Å². The van der Waals surface area contributed by atoms with Crippen LogP contribution in [0.4, 0.5) is 4.39 Å². The van der Waals surface area contributed by atoms with Crippen LogP contribution in [0.5, 0.6) is 5.88 Å². The molecule has 0 aliphatic rings. The normalized spacial score (nSPS) is 11.4. The number of nitrogens with zero attached hydrogens (tertiary/aromatic N) is 1. The summed E-state index contributed by atoms with van der Waals surface area (Å²) in [4.78, 5) is 16.7. The molecule has 1 N–H and O–H groups in total. The molecule has 2 aromatic carbocycles. The van der Waals surface area contributed by atoms with E-state index in [-0.39, 0.29) is 22.3 Å². The van der Waals surface area contributed by atoms with E-state index in [0.717, 1.165) is 0 Å². The molecule has 0 radical (unpaired) electrons. The third-order valence-corrected chi connectivity index (χ3v) is 6.42. The summed E-state index contributed by atoms with van der Waals surface area (Å²) >= 11 is 5.87. The first-order chi connectivity index (χ1) is 15.1. The van der Waals surface area contributed by atoms with Gasteiger partial charge in [-0.15, -0.1) is 0 Å². The molecular formula is C23H22ClFN2O4S. The number of aromatic nitrogens is 1. The number of rotatable bonds is 7. The molecule has 3 aromatic rings. The number of ether oxygens (including phenoxy) is 1. The minimum Gasteiger partial charge on any atom is -0.481 e. The van der Waals surface area contributed by atoms with Crippen molar-refractivity contribution in [3.05, 3.63) is 76.7 Å². The van der Waals surface area contributed by atoms with Gasteiger partial charge in [0.1, 0.15) is 5.82 Å². The van der Waals surface area contributed by atoms with Gasteiger partial charge in [-0.3, -0.25) is 4.79 Å². The van der Waals surface area contributed by atoms with Gasteiger partial charge in [0.2, 0.25) is 11.8 Å². The van der Waals surface area contributed by atoms with E-state index in [4.69, 9.17) is 16.3 Å². The maximum absolute atomic E-state index is 14.4. The van der Waals surface area contributed by atoms with Crippen molar-refractivity contribution in [2.45, 2.75) is 31.1 Å². The molecule has 0 saturated carbocycles. The zero-order valence-corrected chi connectivity index (χ0v) is 19.3. The van der Waals surface area contributed by atoms with E-state index in [1.54, 1.807) is 12.1 Å². The minimum atomic E-state index is -4.12. The zero-order chi connectivity index (χ0) is 23.5. The fraction of sp³-hybridized carbons (Fsp3) is 0.217. The first kappa shape index (κ1) is 23.7. The van der Waals surface area contributed by atoms with Crippen molar-refractivity contribution in [3.63, 3.8) is 0 Å². The number of sulfonamides is 1. The SMILES string of the molecule is COc1cc(-c2cc(F)cc(C(C)C)c2CC(=O)NS(=O)(=O)c2cccc(Cl)c2)ccn1. The minimum absolute atomic E-state index is 0.111. The lowest BCUT2D eigenvalue weighted by atomic mass is 9.88. The number of methoxy groups -OCH3 is 1. The summed E-state index contributed by atoms with van der Waals surface area (Å²) < 4.78 is 46.9. The van der Waals surface area contributed by atoms with Crippen LogP contribution >= 0.6 is 11.6 Å². The average Bonchev–Trinajstić information content (AvgIpc) is 2.74. The molecule has 0 bridgehead atoms. The monoisotopic (exact) mass is 476 g/mol. The largest absolute Gasteiger partial charge is 0.481 e. The van der Waals surface area contributed by atoms with Gasteiger partial charge in [0, 0.05) is 17.3 Å². The predicted molar refractivity (Wildman–Crippen MR) is 121 cm³/mol. The van der Waals surface area contributed by atoms with Crippen molar-refractivity contribution in [1.29, 1.82) is 0 Å². The Morgan fingerprint density at radius 3 is 2.59 bits per heavy atom. The van der Waals surface area contributed by atoms with Crippen molar-refractivity contribution in [1.82, 2.24) is 9.71 Å². The molecular weight excluding hydrogens is 455 g/mol. The summed E-state index contributed by atoms with van der Waals surface area (Å²) in [6.45, 7) is 3.74. The molecule has 3 rings (SSSR count). The molecule has 0 aliphatic carbocycles. The summed E-state index contributed by atoms with van der Waals surface area (Å²) in [5, 5.41) is 0.231. The Hall–Kier alpha value is -2.97. The van der Waals surface area contributed by atoms with Crippen LogP contribution in [-0.4, -0.2) is 26.4 Å². The molecule has 32 heavy (non-hydrogen) atoms. The quantitative estimate of drug-likeness (QED) is 0.533. The standard InChI is InChI=1S/C23H22ClFN2O4S/c1-14(2)19-11-17(25)12-20(15-7-8-26-23(9-15)31-3)21(19)13-22(28)27-32(29,30)18-6-4-5-16(24)10-18/h4-12,14H,13H2,1-3H3,(H,27,28). The van der Waals surface area contributed by atoms with Gasteiger partial charge < -0.3 is 4.74 Å². The van der Waals surface area contributed by atoms with Crippen molar-refractivity contribution in [3.8, 4) is 17.0 Å². The van der Waals surface area contributed by atoms with E-state index in [1.165, 1.54) is 49.7 Å². The maximum Gasteiger partial charge on any atom is 0.264 e. The van der Waals surface area contributed by atoms with Gasteiger partial charge in [0.25, 0.3) is 10.0 Å². The number of hydrogen-bond donors (Lipinski definition) is 1. The van der Waals surface area contributed by atoms with Gasteiger partial charge in [0.15, 0.2) is 0 Å². The van der Waals surface area contributed by atoms with E-state index in [2.05, 4.69) is 9.71 Å². The number of pyridine rings is 1. The number of benzene rings is 2. The average molecular weight is 477 g/mol. The van der Waals surface area contributed by atoms with Crippen LogP contribution in [0.1, 0.15) is 30.9 Å². The number of hydrogen-bond acceptors (Lipinski definition) is 5. The number of amides is 1. The van der Waals surface area contributed by atoms with Gasteiger partial charge in [-0.1, -0.05) is 31.5 Å². The summed E-state index contributed by atoms with van der Waals surface area (Å²) in [5.41, 5.74) is 2.18. The van der Waals surface area contributed by atoms with Crippen molar-refractivity contribution >= 4 is 27.5 Å². The van der Waals surface area contributed by atoms with Crippen LogP contribution in [0, 0.1) is 5.82 Å². The first-order valence-electron chi connectivity index (χ1n) is 9.74. The lowest BCUT2D eigenvalue weighted by Crippen LogP contribution is -2.32. The second-order valence-electron chi connectivity index (χ2n) is 7.43. The van der Waals surface area contributed by atoms with Crippen LogP contribution in [0.15, 0.2) is 59.6 Å². The van der Waals surface area contributed by atoms with Crippen molar-refractivity contribution in [2.24, 2.45) is 0 Å². The lowest BCUT2D eigenvalue weighted by Gasteiger charge is -2.18. The highest BCUT2D eigenvalue weighted by Crippen LogP contribution is 2.33. The Morgan fingerprint density at radius 2 is 1.94 bits per heavy atom. The number of carbonyl (C=O) groups excluding carboxylic acids is 1. The summed E-state index contributed by atoms with van der Waals surface area (Å²) in [6, 6.07) is 11.6. The van der Waals surface area contributed by atoms with Gasteiger partial charge >= 0.3 is 0 Å². The van der Waals surface area contributed by atoms with Crippen molar-refractivity contribution in [2.75, 3.05) is 7.11 Å². The molecule has 1 amide bonds. The van der Waals surface area contributed by atoms with Crippen LogP contribution in [0.25, 0.3) is 11.1 Å². The van der Waals surface area contributed by atoms with Crippen LogP contribution in [0.2, 0.25) is 5.02 Å². The highest BCUT2D eigenvalue weighted by Gasteiger charge is 2.22. The Labute approximate surface area is 191 Å². The summed E-state index contributed by atoms with van der Waals surface area (Å²) in [7, 11) is -2.66. The predicted octanol–water partition coefficient (Wildman–Crippen LogP) is 4.72. The molecule has 0 aliphatic heterocycles. The Balaban J connectivity index is 2.01. The van der Waals surface area contributed by atoms with Gasteiger partial charge in [-0.2, -0.15) is 0 Å². The first-order valence-corrected chi connectivity index (χ1v) is 11.6. The molecule has 0 atom stereocenters. The number of halogens is 2. The number of nitrogens with one attached hydrogen (secondary N) is 1. The lowest BCUT2D eigenvalue weighted by molar-refractivity contribution is -0.118. The molecule has 0 spiro atoms. The molecule has 9 heteroatoms. The zero-order valence-electron chi connectivity index (χ0n) is 17.7. The van der Waals surface area contributed by atoms with Gasteiger partial charge in [-0.05, 0) is 64.6 Å². The molecule has 168 valence electrons. The Morgan fingerprint density at radius 1 is 1.19 bits per heavy atom. The second kappa shape index (κ2) is 9.67. The Bertz CT molecular complexity index is 1260. The molecule has 0 unspecified atom stereocenters. The van der Waals surface area contributed by atoms with E-state index in [9.17, 15) is 17.6 Å². The third-order valence-electron chi connectivity index (χ3n) is 4.82. The van der Waals surface area contributed by atoms with E-state index in [0.29, 0.717) is 28.1 Å². The molecule has 1 heterocycles. The summed E-state index contributed by atoms with van der Waals surface area (Å²) in [6.07, 6.45) is 1.25. The highest BCUT2D eigenvalue weighted by atomic mass is 35.5. The third kappa shape index (κ3) is 5.44.